The first-order valence-electron chi connectivity index (χ1n) is 6.63. The number of amides is 1. The molecule has 3 N–H and O–H groups in total. The van der Waals surface area contributed by atoms with Crippen LogP contribution in [-0.2, 0) is 0 Å². The molecule has 0 aliphatic carbocycles. The van der Waals surface area contributed by atoms with Crippen LogP contribution in [0.2, 0.25) is 0 Å². The molecular formula is C14H15B2N3O2S. The number of benzene rings is 1. The van der Waals surface area contributed by atoms with Gasteiger partial charge in [0.25, 0.3) is 5.91 Å². The van der Waals surface area contributed by atoms with Crippen LogP contribution in [-0.4, -0.2) is 56.8 Å². The zero-order valence-electron chi connectivity index (χ0n) is 12.5. The third-order valence-electron chi connectivity index (χ3n) is 3.25. The zero-order chi connectivity index (χ0) is 16.4. The molecule has 110 valence electrons. The summed E-state index contributed by atoms with van der Waals surface area (Å²) < 4.78 is 0. The van der Waals surface area contributed by atoms with Gasteiger partial charge in [0.1, 0.15) is 27.3 Å². The topological polar surface area (TPSA) is 78.9 Å². The van der Waals surface area contributed by atoms with Crippen LogP contribution in [0.1, 0.15) is 17.3 Å². The van der Waals surface area contributed by atoms with Crippen molar-refractivity contribution in [3.8, 4) is 5.75 Å². The van der Waals surface area contributed by atoms with Crippen LogP contribution in [0, 0.1) is 0 Å². The largest absolute Gasteiger partial charge is 0.509 e. The summed E-state index contributed by atoms with van der Waals surface area (Å²) in [6.45, 7) is 2.28. The number of hydrogen-bond acceptors (Lipinski definition) is 5. The van der Waals surface area contributed by atoms with Crippen molar-refractivity contribution in [3.05, 3.63) is 28.3 Å². The Hall–Kier alpha value is -1.82. The first kappa shape index (κ1) is 16.5. The normalized spacial score (nSPS) is 19.4. The second-order valence-corrected chi connectivity index (χ2v) is 5.97. The minimum atomic E-state index is -0.280. The molecule has 0 atom stereocenters. The Labute approximate surface area is 136 Å². The number of amidine groups is 1. The number of carbonyl (C=O) groups is 1. The number of hydrogen-bond donors (Lipinski definition) is 2. The number of aliphatic imine (C=N–C) groups is 1. The second kappa shape index (κ2) is 6.52. The van der Waals surface area contributed by atoms with Crippen molar-refractivity contribution in [1.29, 1.82) is 0 Å². The summed E-state index contributed by atoms with van der Waals surface area (Å²) >= 11 is 1.57. The standard InChI is InChI=1S/C14H15B2N3O2S/c1-7(17)12-13(18-2)19(3-4-22-12)14(21)8-5-9(15)11(20)10(16)6-8/h5-6,20H,3-4,17H2,1-2H3. The summed E-state index contributed by atoms with van der Waals surface area (Å²) in [6, 6.07) is 2.81. The highest BCUT2D eigenvalue weighted by atomic mass is 32.2. The van der Waals surface area contributed by atoms with Crippen LogP contribution < -0.4 is 16.7 Å². The lowest BCUT2D eigenvalue weighted by atomic mass is 9.83. The van der Waals surface area contributed by atoms with Gasteiger partial charge < -0.3 is 10.8 Å². The molecule has 0 spiro atoms. The van der Waals surface area contributed by atoms with Gasteiger partial charge in [0.05, 0.1) is 4.91 Å². The summed E-state index contributed by atoms with van der Waals surface area (Å²) in [7, 11) is 12.9. The number of nitrogens with zero attached hydrogens (tertiary/aromatic N) is 2. The molecule has 0 aromatic heterocycles. The van der Waals surface area contributed by atoms with E-state index in [9.17, 15) is 9.90 Å². The summed E-state index contributed by atoms with van der Waals surface area (Å²) in [5, 5.41) is 9.61. The quantitative estimate of drug-likeness (QED) is 0.678. The molecule has 2 rings (SSSR count). The van der Waals surface area contributed by atoms with Crippen molar-refractivity contribution in [3.63, 3.8) is 0 Å². The number of aromatic hydroxyl groups is 1. The van der Waals surface area contributed by atoms with Gasteiger partial charge >= 0.3 is 0 Å². The number of thioether (sulfide) groups is 1. The second-order valence-electron chi connectivity index (χ2n) is 4.87. The highest BCUT2D eigenvalue weighted by Crippen LogP contribution is 2.27. The van der Waals surface area contributed by atoms with E-state index in [1.165, 1.54) is 12.1 Å². The van der Waals surface area contributed by atoms with Crippen molar-refractivity contribution in [1.82, 2.24) is 4.90 Å². The molecule has 0 unspecified atom stereocenters. The van der Waals surface area contributed by atoms with Crippen LogP contribution in [0.4, 0.5) is 0 Å². The summed E-state index contributed by atoms with van der Waals surface area (Å²) in [5.74, 6) is 0.760. The van der Waals surface area contributed by atoms with Crippen LogP contribution in [0.15, 0.2) is 27.7 Å². The Morgan fingerprint density at radius 3 is 2.50 bits per heavy atom. The van der Waals surface area contributed by atoms with Crippen LogP contribution in [0.5, 0.6) is 5.75 Å². The molecule has 22 heavy (non-hydrogen) atoms. The van der Waals surface area contributed by atoms with E-state index in [2.05, 4.69) is 4.99 Å². The molecule has 1 aromatic carbocycles. The van der Waals surface area contributed by atoms with Gasteiger partial charge in [-0.15, -0.1) is 11.8 Å². The van der Waals surface area contributed by atoms with Crippen LogP contribution in [0.25, 0.3) is 0 Å². The molecule has 0 saturated carbocycles. The molecule has 1 heterocycles. The summed E-state index contributed by atoms with van der Waals surface area (Å²) in [6.07, 6.45) is 0. The maximum Gasteiger partial charge on any atom is 0.259 e. The van der Waals surface area contributed by atoms with Gasteiger partial charge in [0, 0.05) is 30.6 Å². The minimum Gasteiger partial charge on any atom is -0.509 e. The molecule has 4 radical (unpaired) electrons. The zero-order valence-corrected chi connectivity index (χ0v) is 13.3. The fraction of sp³-hybridized carbons (Fsp3) is 0.286. The van der Waals surface area contributed by atoms with Gasteiger partial charge in [-0.1, -0.05) is 23.1 Å². The van der Waals surface area contributed by atoms with Crippen molar-refractivity contribution in [2.75, 3.05) is 19.3 Å². The Balaban J connectivity index is 2.42. The Morgan fingerprint density at radius 1 is 1.41 bits per heavy atom. The van der Waals surface area contributed by atoms with Gasteiger partial charge in [-0.2, -0.15) is 0 Å². The molecule has 1 aromatic rings. The van der Waals surface area contributed by atoms with E-state index in [1.807, 2.05) is 0 Å². The monoisotopic (exact) mass is 311 g/mol. The van der Waals surface area contributed by atoms with E-state index in [-0.39, 0.29) is 22.6 Å². The maximum atomic E-state index is 12.7. The maximum absolute atomic E-state index is 12.7. The summed E-state index contributed by atoms with van der Waals surface area (Å²) in [4.78, 5) is 19.3. The van der Waals surface area contributed by atoms with Crippen molar-refractivity contribution >= 4 is 50.1 Å². The first-order chi connectivity index (χ1) is 10.4. The predicted octanol–water partition coefficient (Wildman–Crippen LogP) is -0.613. The molecule has 5 nitrogen and oxygen atoms in total. The number of nitrogens with two attached hydrogens (primary N) is 1. The van der Waals surface area contributed by atoms with Crippen LogP contribution >= 0.6 is 11.8 Å². The molecule has 1 aliphatic heterocycles. The lowest BCUT2D eigenvalue weighted by molar-refractivity contribution is 0.0853. The lowest BCUT2D eigenvalue weighted by Crippen LogP contribution is -2.43. The number of rotatable bonds is 1. The van der Waals surface area contributed by atoms with E-state index < -0.39 is 0 Å². The average Bonchev–Trinajstić information content (AvgIpc) is 2.50. The van der Waals surface area contributed by atoms with E-state index in [0.717, 1.165) is 10.7 Å². The van der Waals surface area contributed by atoms with Gasteiger partial charge in [-0.05, 0) is 6.92 Å². The van der Waals surface area contributed by atoms with Gasteiger partial charge in [0.15, 0.2) is 0 Å². The van der Waals surface area contributed by atoms with Crippen LogP contribution in [0.3, 0.4) is 0 Å². The fourth-order valence-electron chi connectivity index (χ4n) is 2.20. The van der Waals surface area contributed by atoms with Gasteiger partial charge in [0.2, 0.25) is 0 Å². The number of phenols is 1. The van der Waals surface area contributed by atoms with E-state index in [0.29, 0.717) is 23.6 Å². The Bertz CT molecular complexity index is 662. The smallest absolute Gasteiger partial charge is 0.259 e. The van der Waals surface area contributed by atoms with Gasteiger partial charge in [-0.25, -0.2) is 0 Å². The molecule has 8 heteroatoms. The fourth-order valence-corrected chi connectivity index (χ4v) is 3.24. The molecule has 0 bridgehead atoms. The van der Waals surface area contributed by atoms with Crippen molar-refractivity contribution in [2.24, 2.45) is 10.7 Å². The molecular weight excluding hydrogens is 296 g/mol. The highest BCUT2D eigenvalue weighted by Gasteiger charge is 2.28. The Morgan fingerprint density at radius 2 is 2.00 bits per heavy atom. The highest BCUT2D eigenvalue weighted by molar-refractivity contribution is 8.04. The SMILES string of the molecule is [B]c1cc(C(=O)N2CCSC(=C(C)N)C2=NC)cc([B])c1O. The molecule has 1 saturated heterocycles. The Kier molecular flexibility index (Phi) is 4.90. The third-order valence-corrected chi connectivity index (χ3v) is 4.43. The van der Waals surface area contributed by atoms with Gasteiger partial charge in [-0.3, -0.25) is 14.7 Å². The van der Waals surface area contributed by atoms with E-state index >= 15 is 0 Å². The molecule has 1 amide bonds. The summed E-state index contributed by atoms with van der Waals surface area (Å²) in [5.41, 5.74) is 6.92. The van der Waals surface area contributed by atoms with E-state index in [4.69, 9.17) is 21.4 Å². The van der Waals surface area contributed by atoms with Crippen molar-refractivity contribution < 1.29 is 9.90 Å². The first-order valence-corrected chi connectivity index (χ1v) is 7.61. The predicted molar refractivity (Wildman–Crippen MR) is 92.6 cm³/mol. The molecule has 1 aliphatic rings. The number of carbonyl (C=O) groups excluding carboxylic acids is 1. The molecule has 1 fully saturated rings. The lowest BCUT2D eigenvalue weighted by Gasteiger charge is -2.30. The average molecular weight is 311 g/mol. The third kappa shape index (κ3) is 3.02. The minimum absolute atomic E-state index is 0.0653. The van der Waals surface area contributed by atoms with E-state index in [1.54, 1.807) is 30.6 Å². The van der Waals surface area contributed by atoms with Crippen molar-refractivity contribution in [2.45, 2.75) is 6.92 Å². The number of allylic oxidation sites excluding steroid dienone is 1. The number of phenolic OH excluding ortho intramolecular Hbond substituents is 1.